The van der Waals surface area contributed by atoms with Gasteiger partial charge in [-0.3, -0.25) is 0 Å². The average molecular weight is 132 g/mol. The van der Waals surface area contributed by atoms with E-state index in [1.807, 2.05) is 0 Å². The van der Waals surface area contributed by atoms with Gasteiger partial charge in [-0.05, 0) is 25.5 Å². The first-order valence-electron chi connectivity index (χ1n) is 2.68. The first-order chi connectivity index (χ1) is 4.00. The van der Waals surface area contributed by atoms with Crippen LogP contribution in [0.2, 0.25) is 0 Å². The van der Waals surface area contributed by atoms with Crippen LogP contribution in [0.15, 0.2) is 24.3 Å². The molecule has 0 spiro atoms. The second-order valence-corrected chi connectivity index (χ2v) is 1.90. The highest BCUT2D eigenvalue weighted by Gasteiger charge is 2.24. The molecule has 0 saturated carbocycles. The highest BCUT2D eigenvalue weighted by molar-refractivity contribution is 5.13. The molecule has 0 amide bonds. The van der Waals surface area contributed by atoms with Gasteiger partial charge >= 0.3 is 0 Å². The van der Waals surface area contributed by atoms with E-state index in [1.165, 1.54) is 13.0 Å². The van der Waals surface area contributed by atoms with Crippen LogP contribution in [0.4, 0.5) is 8.78 Å². The van der Waals surface area contributed by atoms with E-state index in [4.69, 9.17) is 0 Å². The van der Waals surface area contributed by atoms with Crippen LogP contribution in [0.1, 0.15) is 13.8 Å². The highest BCUT2D eigenvalue weighted by Crippen LogP contribution is 2.23. The van der Waals surface area contributed by atoms with Crippen molar-refractivity contribution in [1.82, 2.24) is 0 Å². The van der Waals surface area contributed by atoms with Crippen molar-refractivity contribution < 1.29 is 8.78 Å². The van der Waals surface area contributed by atoms with Crippen molar-refractivity contribution >= 4 is 0 Å². The topological polar surface area (TPSA) is 0 Å². The smallest absolute Gasteiger partial charge is 0.197 e. The SMILES string of the molecule is C=C(C)C(F)(F)/C=C/C. The van der Waals surface area contributed by atoms with E-state index in [2.05, 4.69) is 6.58 Å². The molecule has 0 N–H and O–H groups in total. The molecular weight excluding hydrogens is 122 g/mol. The van der Waals surface area contributed by atoms with Crippen LogP contribution in [0.3, 0.4) is 0 Å². The van der Waals surface area contributed by atoms with Crippen molar-refractivity contribution in [2.75, 3.05) is 0 Å². The molecule has 0 aliphatic carbocycles. The number of hydrogen-bond acceptors (Lipinski definition) is 0. The first kappa shape index (κ1) is 8.34. The van der Waals surface area contributed by atoms with Crippen LogP contribution in [0.25, 0.3) is 0 Å². The van der Waals surface area contributed by atoms with Crippen molar-refractivity contribution in [1.29, 1.82) is 0 Å². The highest BCUT2D eigenvalue weighted by atomic mass is 19.3. The third kappa shape index (κ3) is 2.40. The van der Waals surface area contributed by atoms with Gasteiger partial charge in [0.15, 0.2) is 0 Å². The van der Waals surface area contributed by atoms with Gasteiger partial charge in [-0.25, -0.2) is 0 Å². The Morgan fingerprint density at radius 1 is 1.56 bits per heavy atom. The third-order valence-corrected chi connectivity index (χ3v) is 0.945. The zero-order chi connectivity index (χ0) is 7.49. The van der Waals surface area contributed by atoms with Gasteiger partial charge in [-0.2, -0.15) is 8.78 Å². The van der Waals surface area contributed by atoms with Gasteiger partial charge in [0.2, 0.25) is 0 Å². The quantitative estimate of drug-likeness (QED) is 0.507. The molecule has 0 nitrogen and oxygen atoms in total. The maximum Gasteiger partial charge on any atom is 0.287 e. The molecule has 0 aliphatic rings. The second-order valence-electron chi connectivity index (χ2n) is 1.90. The monoisotopic (exact) mass is 132 g/mol. The van der Waals surface area contributed by atoms with Crippen LogP contribution in [0.5, 0.6) is 0 Å². The zero-order valence-corrected chi connectivity index (χ0v) is 5.62. The predicted molar refractivity (Wildman–Crippen MR) is 34.6 cm³/mol. The molecule has 52 valence electrons. The summed E-state index contributed by atoms with van der Waals surface area (Å²) in [6, 6.07) is 0. The number of allylic oxidation sites excluding steroid dienone is 3. The van der Waals surface area contributed by atoms with Gasteiger partial charge < -0.3 is 0 Å². The molecule has 0 aromatic heterocycles. The summed E-state index contributed by atoms with van der Waals surface area (Å²) in [6.45, 7) is 6.00. The van der Waals surface area contributed by atoms with Gasteiger partial charge in [-0.1, -0.05) is 12.7 Å². The molecule has 0 aromatic carbocycles. The Kier molecular flexibility index (Phi) is 2.56. The van der Waals surface area contributed by atoms with E-state index in [1.54, 1.807) is 6.92 Å². The normalized spacial score (nSPS) is 12.4. The van der Waals surface area contributed by atoms with E-state index in [-0.39, 0.29) is 5.57 Å². The fourth-order valence-electron chi connectivity index (χ4n) is 0.352. The zero-order valence-electron chi connectivity index (χ0n) is 5.62. The second kappa shape index (κ2) is 2.76. The summed E-state index contributed by atoms with van der Waals surface area (Å²) < 4.78 is 24.7. The predicted octanol–water partition coefficient (Wildman–Crippen LogP) is 2.77. The van der Waals surface area contributed by atoms with Crippen LogP contribution >= 0.6 is 0 Å². The Bertz CT molecular complexity index is 134. The molecule has 9 heavy (non-hydrogen) atoms. The lowest BCUT2D eigenvalue weighted by Gasteiger charge is -2.09. The fraction of sp³-hybridized carbons (Fsp3) is 0.429. The third-order valence-electron chi connectivity index (χ3n) is 0.945. The van der Waals surface area contributed by atoms with Crippen molar-refractivity contribution in [3.63, 3.8) is 0 Å². The fourth-order valence-corrected chi connectivity index (χ4v) is 0.352. The molecule has 0 radical (unpaired) electrons. The van der Waals surface area contributed by atoms with Crippen LogP contribution in [-0.2, 0) is 0 Å². The summed E-state index contributed by atoms with van der Waals surface area (Å²) in [5, 5.41) is 0. The molecule has 0 atom stereocenters. The van der Waals surface area contributed by atoms with E-state index in [0.29, 0.717) is 0 Å². The number of alkyl halides is 2. The molecule has 0 aliphatic heterocycles. The van der Waals surface area contributed by atoms with Crippen molar-refractivity contribution in [2.24, 2.45) is 0 Å². The molecule has 0 fully saturated rings. The summed E-state index contributed by atoms with van der Waals surface area (Å²) in [6.07, 6.45) is 2.14. The van der Waals surface area contributed by atoms with E-state index in [0.717, 1.165) is 6.08 Å². The lowest BCUT2D eigenvalue weighted by Crippen LogP contribution is -2.11. The maximum absolute atomic E-state index is 12.4. The van der Waals surface area contributed by atoms with Crippen LogP contribution in [0, 0.1) is 0 Å². The Labute approximate surface area is 53.9 Å². The molecule has 0 unspecified atom stereocenters. The lowest BCUT2D eigenvalue weighted by atomic mass is 10.2. The number of halogens is 2. The summed E-state index contributed by atoms with van der Waals surface area (Å²) in [4.78, 5) is 0. The maximum atomic E-state index is 12.4. The van der Waals surface area contributed by atoms with Crippen molar-refractivity contribution in [3.8, 4) is 0 Å². The number of rotatable bonds is 2. The van der Waals surface area contributed by atoms with Crippen LogP contribution in [-0.4, -0.2) is 5.92 Å². The molecular formula is C7H10F2. The van der Waals surface area contributed by atoms with Gasteiger partial charge in [0.1, 0.15) is 0 Å². The Balaban J connectivity index is 4.19. The minimum atomic E-state index is -2.82. The van der Waals surface area contributed by atoms with Crippen LogP contribution < -0.4 is 0 Å². The van der Waals surface area contributed by atoms with Gasteiger partial charge in [0, 0.05) is 0 Å². The summed E-state index contributed by atoms with van der Waals surface area (Å²) >= 11 is 0. The first-order valence-corrected chi connectivity index (χ1v) is 2.68. The van der Waals surface area contributed by atoms with Crippen molar-refractivity contribution in [3.05, 3.63) is 24.3 Å². The summed E-state index contributed by atoms with van der Waals surface area (Å²) in [5.74, 6) is -2.82. The van der Waals surface area contributed by atoms with Crippen molar-refractivity contribution in [2.45, 2.75) is 19.8 Å². The molecule has 0 saturated heterocycles. The largest absolute Gasteiger partial charge is 0.287 e. The number of hydrogen-bond donors (Lipinski definition) is 0. The summed E-state index contributed by atoms with van der Waals surface area (Å²) in [5.41, 5.74) is -0.124. The Hall–Kier alpha value is -0.660. The molecule has 2 heteroatoms. The Morgan fingerprint density at radius 3 is 2.11 bits per heavy atom. The lowest BCUT2D eigenvalue weighted by molar-refractivity contribution is 0.0976. The minimum absolute atomic E-state index is 0.124. The standard InChI is InChI=1S/C7H10F2/c1-4-5-7(8,9)6(2)3/h4-5H,2H2,1,3H3/b5-4+. The van der Waals surface area contributed by atoms with Gasteiger partial charge in [0.25, 0.3) is 5.92 Å². The van der Waals surface area contributed by atoms with E-state index < -0.39 is 5.92 Å². The molecule has 0 aromatic rings. The average Bonchev–Trinajstić information content (AvgIpc) is 1.65. The van der Waals surface area contributed by atoms with E-state index in [9.17, 15) is 8.78 Å². The minimum Gasteiger partial charge on any atom is -0.197 e. The van der Waals surface area contributed by atoms with Gasteiger partial charge in [-0.15, -0.1) is 0 Å². The molecule has 0 heterocycles. The van der Waals surface area contributed by atoms with E-state index >= 15 is 0 Å². The van der Waals surface area contributed by atoms with Gasteiger partial charge in [0.05, 0.1) is 0 Å². The molecule has 0 bridgehead atoms. The molecule has 0 rings (SSSR count). The summed E-state index contributed by atoms with van der Waals surface area (Å²) in [7, 11) is 0. The Morgan fingerprint density at radius 2 is 2.00 bits per heavy atom.